The predicted molar refractivity (Wildman–Crippen MR) is 133 cm³/mol. The highest BCUT2D eigenvalue weighted by Gasteiger charge is 2.19. The number of hydrogen-bond acceptors (Lipinski definition) is 7. The molecule has 0 bridgehead atoms. The molecule has 0 radical (unpaired) electrons. The third kappa shape index (κ3) is 4.26. The number of ether oxygens (including phenoxy) is 3. The quantitative estimate of drug-likeness (QED) is 0.338. The van der Waals surface area contributed by atoms with E-state index in [4.69, 9.17) is 14.2 Å². The van der Waals surface area contributed by atoms with Crippen LogP contribution in [0.3, 0.4) is 0 Å². The third-order valence-corrected chi connectivity index (χ3v) is 5.83. The van der Waals surface area contributed by atoms with Crippen molar-refractivity contribution in [1.29, 1.82) is 0 Å². The molecule has 6 rings (SSSR count). The number of benzene rings is 3. The van der Waals surface area contributed by atoms with Crippen molar-refractivity contribution in [2.45, 2.75) is 0 Å². The van der Waals surface area contributed by atoms with Gasteiger partial charge in [-0.1, -0.05) is 12.1 Å². The zero-order chi connectivity index (χ0) is 26.2. The lowest BCUT2D eigenvalue weighted by molar-refractivity contribution is 0.102. The second-order valence-electron chi connectivity index (χ2n) is 8.22. The van der Waals surface area contributed by atoms with E-state index >= 15 is 0 Å². The second kappa shape index (κ2) is 9.28. The van der Waals surface area contributed by atoms with E-state index < -0.39 is 23.0 Å². The summed E-state index contributed by atoms with van der Waals surface area (Å²) in [7, 11) is 0. The van der Waals surface area contributed by atoms with E-state index in [2.05, 4.69) is 20.3 Å². The Bertz CT molecular complexity index is 1770. The second-order valence-corrected chi connectivity index (χ2v) is 8.22. The average molecular weight is 514 g/mol. The van der Waals surface area contributed by atoms with E-state index in [1.165, 1.54) is 55.1 Å². The van der Waals surface area contributed by atoms with Crippen molar-refractivity contribution < 1.29 is 27.8 Å². The molecule has 0 atom stereocenters. The molecule has 11 heteroatoms. The summed E-state index contributed by atoms with van der Waals surface area (Å²) >= 11 is 0. The minimum Gasteiger partial charge on any atom is -0.454 e. The summed E-state index contributed by atoms with van der Waals surface area (Å²) in [6.45, 7) is 0.0828. The van der Waals surface area contributed by atoms with Crippen LogP contribution in [-0.2, 0) is 0 Å². The smallest absolute Gasteiger partial charge is 0.261 e. The topological polar surface area (TPSA) is 115 Å². The van der Waals surface area contributed by atoms with Crippen LogP contribution in [0.5, 0.6) is 23.1 Å². The number of rotatable bonds is 5. The Labute approximate surface area is 212 Å². The van der Waals surface area contributed by atoms with E-state index in [-0.39, 0.29) is 35.2 Å². The van der Waals surface area contributed by atoms with Gasteiger partial charge in [0.25, 0.3) is 5.91 Å². The van der Waals surface area contributed by atoms with E-state index in [1.807, 2.05) is 0 Å². The van der Waals surface area contributed by atoms with Crippen molar-refractivity contribution in [2.24, 2.45) is 0 Å². The fourth-order valence-electron chi connectivity index (χ4n) is 3.96. The lowest BCUT2D eigenvalue weighted by Gasteiger charge is -2.11. The van der Waals surface area contributed by atoms with Crippen molar-refractivity contribution in [3.8, 4) is 34.3 Å². The van der Waals surface area contributed by atoms with Gasteiger partial charge in [-0.3, -0.25) is 9.59 Å². The first-order chi connectivity index (χ1) is 18.5. The van der Waals surface area contributed by atoms with Crippen LogP contribution in [0.15, 0.2) is 78.1 Å². The molecule has 3 heterocycles. The summed E-state index contributed by atoms with van der Waals surface area (Å²) in [6.07, 6.45) is 3.94. The number of aromatic amines is 1. The summed E-state index contributed by atoms with van der Waals surface area (Å²) < 4.78 is 44.6. The minimum atomic E-state index is -0.774. The first-order valence-corrected chi connectivity index (χ1v) is 11.3. The van der Waals surface area contributed by atoms with E-state index in [1.54, 1.807) is 12.1 Å². The normalized spacial score (nSPS) is 11.9. The largest absolute Gasteiger partial charge is 0.454 e. The van der Waals surface area contributed by atoms with E-state index in [9.17, 15) is 18.4 Å². The molecule has 2 N–H and O–H groups in total. The number of amides is 1. The lowest BCUT2D eigenvalue weighted by Crippen LogP contribution is -2.22. The summed E-state index contributed by atoms with van der Waals surface area (Å²) in [6, 6.07) is 12.4. The number of pyridine rings is 1. The van der Waals surface area contributed by atoms with Gasteiger partial charge in [-0.2, -0.15) is 0 Å². The number of nitrogens with zero attached hydrogens (tertiary/aromatic N) is 2. The molecule has 0 fully saturated rings. The molecule has 0 unspecified atom stereocenters. The molecule has 188 valence electrons. The molecule has 38 heavy (non-hydrogen) atoms. The van der Waals surface area contributed by atoms with Gasteiger partial charge in [0, 0.05) is 35.8 Å². The monoisotopic (exact) mass is 514 g/mol. The molecular weight excluding hydrogens is 498 g/mol. The summed E-state index contributed by atoms with van der Waals surface area (Å²) in [5.74, 6) is -0.978. The maximum Gasteiger partial charge on any atom is 0.261 e. The maximum atomic E-state index is 14.9. The van der Waals surface area contributed by atoms with Gasteiger partial charge in [0.15, 0.2) is 23.1 Å². The van der Waals surface area contributed by atoms with Gasteiger partial charge in [0.1, 0.15) is 17.7 Å². The number of hydrogen-bond donors (Lipinski definition) is 2. The molecule has 0 spiro atoms. The van der Waals surface area contributed by atoms with Gasteiger partial charge in [-0.15, -0.1) is 0 Å². The van der Waals surface area contributed by atoms with Crippen LogP contribution in [0.25, 0.3) is 22.0 Å². The molecule has 3 aromatic carbocycles. The third-order valence-electron chi connectivity index (χ3n) is 5.83. The fourth-order valence-corrected chi connectivity index (χ4v) is 3.96. The first kappa shape index (κ1) is 23.1. The zero-order valence-corrected chi connectivity index (χ0v) is 19.3. The molecule has 0 saturated heterocycles. The molecule has 5 aromatic rings. The van der Waals surface area contributed by atoms with Gasteiger partial charge < -0.3 is 24.5 Å². The number of aromatic nitrogens is 3. The van der Waals surface area contributed by atoms with Crippen molar-refractivity contribution in [3.63, 3.8) is 0 Å². The van der Waals surface area contributed by atoms with E-state index in [0.29, 0.717) is 28.0 Å². The highest BCUT2D eigenvalue weighted by atomic mass is 19.1. The molecule has 1 aliphatic rings. The Balaban J connectivity index is 1.23. The van der Waals surface area contributed by atoms with Crippen LogP contribution in [0.2, 0.25) is 0 Å². The van der Waals surface area contributed by atoms with Gasteiger partial charge in [0.05, 0.1) is 10.9 Å². The highest BCUT2D eigenvalue weighted by molar-refractivity contribution is 6.04. The first-order valence-electron chi connectivity index (χ1n) is 11.3. The number of H-pyrrole nitrogens is 1. The Hall–Kier alpha value is -5.32. The van der Waals surface area contributed by atoms with Gasteiger partial charge in [-0.05, 0) is 35.9 Å². The predicted octanol–water partition coefficient (Wildman–Crippen LogP) is 5.04. The van der Waals surface area contributed by atoms with Crippen LogP contribution >= 0.6 is 0 Å². The number of anilines is 1. The molecule has 1 aliphatic heterocycles. The van der Waals surface area contributed by atoms with Crippen LogP contribution in [0, 0.1) is 11.6 Å². The SMILES string of the molecule is O=C(Nc1ccc(Oc2ncnc3cc4c(cc23)OCO4)c(F)c1)c1c[nH]cc(-c2ccc(F)cc2)c1=O. The number of nitrogens with one attached hydrogen (secondary N) is 2. The van der Waals surface area contributed by atoms with Gasteiger partial charge >= 0.3 is 0 Å². The van der Waals surface area contributed by atoms with Gasteiger partial charge in [-0.25, -0.2) is 18.7 Å². The van der Waals surface area contributed by atoms with Crippen LogP contribution in [0.4, 0.5) is 14.5 Å². The van der Waals surface area contributed by atoms with Crippen molar-refractivity contribution in [1.82, 2.24) is 15.0 Å². The standard InChI is InChI=1S/C27H16F2N4O5/c28-15-3-1-14(2-4-15)18-10-30-11-19(25(18)34)26(35)33-16-5-6-22(20(29)7-16)38-27-17-8-23-24(37-13-36-23)9-21(17)31-12-32-27/h1-12H,13H2,(H,30,34)(H,33,35). The highest BCUT2D eigenvalue weighted by Crippen LogP contribution is 2.39. The molecule has 9 nitrogen and oxygen atoms in total. The van der Waals surface area contributed by atoms with Crippen molar-refractivity contribution in [2.75, 3.05) is 12.1 Å². The van der Waals surface area contributed by atoms with Crippen LogP contribution in [0.1, 0.15) is 10.4 Å². The summed E-state index contributed by atoms with van der Waals surface area (Å²) in [4.78, 5) is 36.7. The molecule has 0 aliphatic carbocycles. The number of carbonyl (C=O) groups is 1. The summed E-state index contributed by atoms with van der Waals surface area (Å²) in [5, 5.41) is 3.00. The number of carbonyl (C=O) groups excluding carboxylic acids is 1. The molecular formula is C27H16F2N4O5. The Kier molecular flexibility index (Phi) is 5.64. The Morgan fingerprint density at radius 2 is 1.76 bits per heavy atom. The van der Waals surface area contributed by atoms with E-state index in [0.717, 1.165) is 6.07 Å². The lowest BCUT2D eigenvalue weighted by atomic mass is 10.0. The van der Waals surface area contributed by atoms with Crippen molar-refractivity contribution in [3.05, 3.63) is 101 Å². The summed E-state index contributed by atoms with van der Waals surface area (Å²) in [5.41, 5.74) is 0.492. The van der Waals surface area contributed by atoms with Gasteiger partial charge in [0.2, 0.25) is 18.1 Å². The number of fused-ring (bicyclic) bond motifs is 2. The molecule has 2 aromatic heterocycles. The maximum absolute atomic E-state index is 14.9. The van der Waals surface area contributed by atoms with Crippen LogP contribution < -0.4 is 25.0 Å². The molecule has 1 amide bonds. The van der Waals surface area contributed by atoms with Crippen LogP contribution in [-0.4, -0.2) is 27.7 Å². The van der Waals surface area contributed by atoms with Crippen molar-refractivity contribution >= 4 is 22.5 Å². The zero-order valence-electron chi connectivity index (χ0n) is 19.3. The number of halogens is 2. The minimum absolute atomic E-state index is 0.0828. The Morgan fingerprint density at radius 1 is 0.974 bits per heavy atom. The molecule has 0 saturated carbocycles. The fraction of sp³-hybridized carbons (Fsp3) is 0.0370. The average Bonchev–Trinajstić information content (AvgIpc) is 3.37. The Morgan fingerprint density at radius 3 is 2.55 bits per heavy atom.